The van der Waals surface area contributed by atoms with Crippen molar-refractivity contribution >= 4 is 11.3 Å². The van der Waals surface area contributed by atoms with E-state index in [0.29, 0.717) is 17.6 Å². The second kappa shape index (κ2) is 5.82. The third-order valence-electron chi connectivity index (χ3n) is 7.06. The summed E-state index contributed by atoms with van der Waals surface area (Å²) in [5, 5.41) is 5.30. The standard InChI is InChI=1S/C19H28N2OS/c1-2-5-13(6-3-1)18-21-12-14(23-18)11-20-16-15-7-10-22-17(15)19(16)8-4-9-19/h12-13,15-17,20H,1-11H2. The average Bonchev–Trinajstić information content (AvgIpc) is 3.16. The number of thiazole rings is 1. The SMILES string of the molecule is c1nc(C2CCCCC2)sc1CNC1C2CCOC2C12CCC2. The van der Waals surface area contributed by atoms with E-state index in [9.17, 15) is 0 Å². The molecule has 126 valence electrons. The van der Waals surface area contributed by atoms with Crippen molar-refractivity contribution in [3.63, 3.8) is 0 Å². The van der Waals surface area contributed by atoms with E-state index in [-0.39, 0.29) is 0 Å². The Kier molecular flexibility index (Phi) is 3.76. The Balaban J connectivity index is 1.22. The lowest BCUT2D eigenvalue weighted by atomic mass is 9.46. The molecule has 3 nitrogen and oxygen atoms in total. The molecule has 23 heavy (non-hydrogen) atoms. The van der Waals surface area contributed by atoms with Crippen LogP contribution in [0.2, 0.25) is 0 Å². The van der Waals surface area contributed by atoms with Crippen LogP contribution < -0.4 is 5.32 Å². The zero-order valence-electron chi connectivity index (χ0n) is 13.9. The van der Waals surface area contributed by atoms with Gasteiger partial charge in [0.05, 0.1) is 11.1 Å². The van der Waals surface area contributed by atoms with Gasteiger partial charge in [0.1, 0.15) is 0 Å². The highest BCUT2D eigenvalue weighted by molar-refractivity contribution is 7.11. The van der Waals surface area contributed by atoms with Crippen LogP contribution in [0, 0.1) is 11.3 Å². The maximum absolute atomic E-state index is 6.03. The molecule has 5 rings (SSSR count). The van der Waals surface area contributed by atoms with E-state index in [0.717, 1.165) is 25.0 Å². The molecule has 1 aromatic heterocycles. The van der Waals surface area contributed by atoms with E-state index in [2.05, 4.69) is 11.5 Å². The molecule has 0 radical (unpaired) electrons. The molecule has 4 fully saturated rings. The van der Waals surface area contributed by atoms with Gasteiger partial charge < -0.3 is 10.1 Å². The molecule has 3 unspecified atom stereocenters. The van der Waals surface area contributed by atoms with Crippen LogP contribution in [0.15, 0.2) is 6.20 Å². The number of aromatic nitrogens is 1. The smallest absolute Gasteiger partial charge is 0.0959 e. The largest absolute Gasteiger partial charge is 0.377 e. The molecule has 1 saturated heterocycles. The summed E-state index contributed by atoms with van der Waals surface area (Å²) in [6, 6.07) is 0.698. The fraction of sp³-hybridized carbons (Fsp3) is 0.842. The lowest BCUT2D eigenvalue weighted by Gasteiger charge is -2.63. The summed E-state index contributed by atoms with van der Waals surface area (Å²) >= 11 is 1.96. The van der Waals surface area contributed by atoms with E-state index in [4.69, 9.17) is 9.72 Å². The Morgan fingerprint density at radius 3 is 2.83 bits per heavy atom. The van der Waals surface area contributed by atoms with Crippen molar-refractivity contribution < 1.29 is 4.74 Å². The first kappa shape index (κ1) is 14.9. The van der Waals surface area contributed by atoms with Crippen molar-refractivity contribution in [2.75, 3.05) is 6.61 Å². The Morgan fingerprint density at radius 1 is 1.17 bits per heavy atom. The first-order valence-corrected chi connectivity index (χ1v) is 10.5. The van der Waals surface area contributed by atoms with Gasteiger partial charge in [-0.1, -0.05) is 25.7 Å². The zero-order valence-corrected chi connectivity index (χ0v) is 14.7. The summed E-state index contributed by atoms with van der Waals surface area (Å²) < 4.78 is 6.03. The highest BCUT2D eigenvalue weighted by atomic mass is 32.1. The number of fused-ring (bicyclic) bond motifs is 2. The van der Waals surface area contributed by atoms with Crippen LogP contribution >= 0.6 is 11.3 Å². The van der Waals surface area contributed by atoms with Gasteiger partial charge in [-0.3, -0.25) is 0 Å². The van der Waals surface area contributed by atoms with Gasteiger partial charge in [-0.25, -0.2) is 4.98 Å². The molecule has 1 N–H and O–H groups in total. The maximum Gasteiger partial charge on any atom is 0.0959 e. The quantitative estimate of drug-likeness (QED) is 0.895. The molecular formula is C19H28N2OS. The summed E-state index contributed by atoms with van der Waals surface area (Å²) in [5.41, 5.74) is 0.498. The molecule has 2 heterocycles. The molecular weight excluding hydrogens is 304 g/mol. The predicted molar refractivity (Wildman–Crippen MR) is 92.7 cm³/mol. The molecule has 1 spiro atoms. The summed E-state index contributed by atoms with van der Waals surface area (Å²) in [4.78, 5) is 6.19. The van der Waals surface area contributed by atoms with E-state index in [1.54, 1.807) is 0 Å². The second-order valence-electron chi connectivity index (χ2n) is 8.19. The van der Waals surface area contributed by atoms with Crippen LogP contribution in [0.25, 0.3) is 0 Å². The fourth-order valence-corrected chi connectivity index (χ4v) is 6.75. The summed E-state index contributed by atoms with van der Waals surface area (Å²) in [5.74, 6) is 1.53. The second-order valence-corrected chi connectivity index (χ2v) is 9.34. The predicted octanol–water partition coefficient (Wildman–Crippen LogP) is 4.24. The van der Waals surface area contributed by atoms with Crippen LogP contribution in [0.3, 0.4) is 0 Å². The average molecular weight is 333 g/mol. The topological polar surface area (TPSA) is 34.2 Å². The Bertz CT molecular complexity index is 561. The van der Waals surface area contributed by atoms with E-state index in [1.807, 2.05) is 11.3 Å². The van der Waals surface area contributed by atoms with Crippen LogP contribution in [0.4, 0.5) is 0 Å². The Hall–Kier alpha value is -0.450. The lowest BCUT2D eigenvalue weighted by Crippen LogP contribution is -2.70. The summed E-state index contributed by atoms with van der Waals surface area (Å²) in [6.07, 6.45) is 15.0. The first-order valence-electron chi connectivity index (χ1n) is 9.66. The molecule has 4 heteroatoms. The van der Waals surface area contributed by atoms with E-state index >= 15 is 0 Å². The minimum absolute atomic E-state index is 0.498. The van der Waals surface area contributed by atoms with Crippen LogP contribution in [-0.2, 0) is 11.3 Å². The molecule has 3 atom stereocenters. The number of ether oxygens (including phenoxy) is 1. The van der Waals surface area contributed by atoms with Gasteiger partial charge >= 0.3 is 0 Å². The molecule has 1 aliphatic heterocycles. The lowest BCUT2D eigenvalue weighted by molar-refractivity contribution is -0.176. The van der Waals surface area contributed by atoms with Crippen molar-refractivity contribution in [1.82, 2.24) is 10.3 Å². The normalized spacial score (nSPS) is 35.7. The minimum Gasteiger partial charge on any atom is -0.377 e. The van der Waals surface area contributed by atoms with E-state index in [1.165, 1.54) is 67.7 Å². The maximum atomic E-state index is 6.03. The van der Waals surface area contributed by atoms with E-state index < -0.39 is 0 Å². The van der Waals surface area contributed by atoms with Crippen LogP contribution in [0.1, 0.15) is 73.6 Å². The van der Waals surface area contributed by atoms with Crippen molar-refractivity contribution in [3.8, 4) is 0 Å². The molecule has 0 bridgehead atoms. The summed E-state index contributed by atoms with van der Waals surface area (Å²) in [7, 11) is 0. The molecule has 0 amide bonds. The number of hydrogen-bond donors (Lipinski definition) is 1. The van der Waals surface area contributed by atoms with Crippen LogP contribution in [0.5, 0.6) is 0 Å². The van der Waals surface area contributed by atoms with Crippen molar-refractivity contribution in [2.45, 2.75) is 82.4 Å². The Labute approximate surface area is 143 Å². The highest BCUT2D eigenvalue weighted by Crippen LogP contribution is 2.62. The van der Waals surface area contributed by atoms with Gasteiger partial charge in [0.25, 0.3) is 0 Å². The number of rotatable bonds is 4. The number of hydrogen-bond acceptors (Lipinski definition) is 4. The minimum atomic E-state index is 0.498. The fourth-order valence-electron chi connectivity index (χ4n) is 5.71. The zero-order chi connectivity index (χ0) is 15.3. The van der Waals surface area contributed by atoms with Gasteiger partial charge in [-0.05, 0) is 32.1 Å². The molecule has 1 aromatic rings. The van der Waals surface area contributed by atoms with Crippen molar-refractivity contribution in [3.05, 3.63) is 16.1 Å². The third kappa shape index (κ3) is 2.32. The monoisotopic (exact) mass is 332 g/mol. The van der Waals surface area contributed by atoms with Crippen molar-refractivity contribution in [2.24, 2.45) is 11.3 Å². The van der Waals surface area contributed by atoms with Gasteiger partial charge in [-0.2, -0.15) is 0 Å². The van der Waals surface area contributed by atoms with Crippen LogP contribution in [-0.4, -0.2) is 23.7 Å². The first-order chi connectivity index (χ1) is 11.4. The molecule has 0 aromatic carbocycles. The number of nitrogens with zero attached hydrogens (tertiary/aromatic N) is 1. The Morgan fingerprint density at radius 2 is 2.04 bits per heavy atom. The molecule has 3 aliphatic carbocycles. The highest BCUT2D eigenvalue weighted by Gasteiger charge is 2.66. The summed E-state index contributed by atoms with van der Waals surface area (Å²) in [6.45, 7) is 2.00. The third-order valence-corrected chi connectivity index (χ3v) is 8.22. The van der Waals surface area contributed by atoms with Gasteiger partial charge in [0, 0.05) is 47.5 Å². The van der Waals surface area contributed by atoms with Gasteiger partial charge in [0.2, 0.25) is 0 Å². The van der Waals surface area contributed by atoms with Crippen molar-refractivity contribution in [1.29, 1.82) is 0 Å². The van der Waals surface area contributed by atoms with Gasteiger partial charge in [0.15, 0.2) is 0 Å². The molecule has 4 aliphatic rings. The number of nitrogens with one attached hydrogen (secondary N) is 1. The van der Waals surface area contributed by atoms with Gasteiger partial charge in [-0.15, -0.1) is 11.3 Å². The molecule has 3 saturated carbocycles.